The monoisotopic (exact) mass is 333 g/mol. The number of hydrogen-bond acceptors (Lipinski definition) is 5. The number of para-hydroxylation sites is 2. The van der Waals surface area contributed by atoms with Crippen LogP contribution in [0.15, 0.2) is 54.7 Å². The molecular weight excluding hydrogens is 314 g/mol. The second-order valence-electron chi connectivity index (χ2n) is 5.70. The van der Waals surface area contributed by atoms with Crippen LogP contribution in [0.1, 0.15) is 0 Å². The zero-order valence-electron chi connectivity index (χ0n) is 13.9. The Morgan fingerprint density at radius 2 is 1.92 bits per heavy atom. The molecule has 0 bridgehead atoms. The molecule has 2 heterocycles. The standard InChI is InChI=1S/C19H19N5O/c1-25-14-8-6-13(7-9-14)17-12-22-19-18(21-11-10-20)23-15-4-2-3-5-16(15)24(17)19/h2-9,12H,10-11,20H2,1H3,(H,21,23). The molecule has 0 amide bonds. The Hall–Kier alpha value is -3.12. The van der Waals surface area contributed by atoms with Crippen LogP contribution in [-0.4, -0.2) is 34.6 Å². The molecule has 0 atom stereocenters. The lowest BCUT2D eigenvalue weighted by atomic mass is 10.1. The number of aromatic nitrogens is 3. The summed E-state index contributed by atoms with van der Waals surface area (Å²) >= 11 is 0. The Morgan fingerprint density at radius 1 is 1.12 bits per heavy atom. The van der Waals surface area contributed by atoms with Crippen molar-refractivity contribution in [2.75, 3.05) is 25.5 Å². The maximum absolute atomic E-state index is 5.63. The van der Waals surface area contributed by atoms with E-state index >= 15 is 0 Å². The van der Waals surface area contributed by atoms with Crippen LogP contribution in [0.5, 0.6) is 5.75 Å². The van der Waals surface area contributed by atoms with Gasteiger partial charge < -0.3 is 15.8 Å². The van der Waals surface area contributed by atoms with Crippen molar-refractivity contribution in [1.29, 1.82) is 0 Å². The SMILES string of the molecule is COc1ccc(-c2cnc3c(NCCN)nc4ccccc4n23)cc1. The van der Waals surface area contributed by atoms with Crippen molar-refractivity contribution < 1.29 is 4.74 Å². The summed E-state index contributed by atoms with van der Waals surface area (Å²) in [6.07, 6.45) is 1.87. The first kappa shape index (κ1) is 15.4. The molecule has 3 N–H and O–H groups in total. The molecule has 4 aromatic rings. The van der Waals surface area contributed by atoms with E-state index < -0.39 is 0 Å². The van der Waals surface area contributed by atoms with Gasteiger partial charge in [-0.1, -0.05) is 12.1 Å². The molecule has 4 rings (SSSR count). The first-order valence-electron chi connectivity index (χ1n) is 8.16. The Bertz CT molecular complexity index is 1020. The van der Waals surface area contributed by atoms with E-state index in [4.69, 9.17) is 15.5 Å². The topological polar surface area (TPSA) is 77.5 Å². The number of rotatable bonds is 5. The number of anilines is 1. The average Bonchev–Trinajstić information content (AvgIpc) is 3.12. The first-order chi connectivity index (χ1) is 12.3. The lowest BCUT2D eigenvalue weighted by Gasteiger charge is -2.11. The summed E-state index contributed by atoms with van der Waals surface area (Å²) in [5.41, 5.74) is 10.4. The summed E-state index contributed by atoms with van der Waals surface area (Å²) in [6.45, 7) is 1.18. The fourth-order valence-corrected chi connectivity index (χ4v) is 2.96. The molecule has 126 valence electrons. The molecule has 25 heavy (non-hydrogen) atoms. The van der Waals surface area contributed by atoms with Gasteiger partial charge in [0.1, 0.15) is 5.75 Å². The lowest BCUT2D eigenvalue weighted by Crippen LogP contribution is -2.15. The number of hydrogen-bond donors (Lipinski definition) is 2. The molecule has 0 aliphatic heterocycles. The summed E-state index contributed by atoms with van der Waals surface area (Å²) in [5, 5.41) is 3.27. The molecule has 0 radical (unpaired) electrons. The van der Waals surface area contributed by atoms with Crippen LogP contribution in [-0.2, 0) is 0 Å². The van der Waals surface area contributed by atoms with Crippen LogP contribution in [0, 0.1) is 0 Å². The van der Waals surface area contributed by atoms with Gasteiger partial charge in [0.05, 0.1) is 30.0 Å². The van der Waals surface area contributed by atoms with Crippen LogP contribution < -0.4 is 15.8 Å². The van der Waals surface area contributed by atoms with Crippen molar-refractivity contribution in [2.24, 2.45) is 5.73 Å². The Labute approximate surface area is 145 Å². The minimum absolute atomic E-state index is 0.534. The summed E-state index contributed by atoms with van der Waals surface area (Å²) in [6, 6.07) is 16.0. The van der Waals surface area contributed by atoms with Crippen molar-refractivity contribution >= 4 is 22.5 Å². The molecule has 6 heteroatoms. The number of nitrogens with zero attached hydrogens (tertiary/aromatic N) is 3. The third kappa shape index (κ3) is 2.66. The molecule has 2 aromatic heterocycles. The Morgan fingerprint density at radius 3 is 2.68 bits per heavy atom. The molecule has 0 fully saturated rings. The molecule has 0 spiro atoms. The van der Waals surface area contributed by atoms with Crippen LogP contribution in [0.25, 0.3) is 27.9 Å². The molecule has 0 unspecified atom stereocenters. The quantitative estimate of drug-likeness (QED) is 0.587. The van der Waals surface area contributed by atoms with Gasteiger partial charge in [-0.25, -0.2) is 9.97 Å². The number of imidazole rings is 1. The van der Waals surface area contributed by atoms with E-state index in [0.29, 0.717) is 13.1 Å². The number of fused-ring (bicyclic) bond motifs is 3. The molecular formula is C19H19N5O. The Kier molecular flexibility index (Phi) is 3.95. The lowest BCUT2D eigenvalue weighted by molar-refractivity contribution is 0.415. The van der Waals surface area contributed by atoms with Crippen molar-refractivity contribution in [3.8, 4) is 17.0 Å². The zero-order valence-corrected chi connectivity index (χ0v) is 13.9. The van der Waals surface area contributed by atoms with Crippen molar-refractivity contribution in [1.82, 2.24) is 14.4 Å². The smallest absolute Gasteiger partial charge is 0.181 e. The molecule has 0 saturated carbocycles. The van der Waals surface area contributed by atoms with Gasteiger partial charge in [-0.2, -0.15) is 0 Å². The first-order valence-corrected chi connectivity index (χ1v) is 8.16. The minimum atomic E-state index is 0.534. The highest BCUT2D eigenvalue weighted by Gasteiger charge is 2.14. The van der Waals surface area contributed by atoms with E-state index in [9.17, 15) is 0 Å². The van der Waals surface area contributed by atoms with Gasteiger partial charge in [-0.05, 0) is 36.4 Å². The Balaban J connectivity index is 1.97. The van der Waals surface area contributed by atoms with Crippen LogP contribution >= 0.6 is 0 Å². The van der Waals surface area contributed by atoms with E-state index in [2.05, 4.69) is 20.8 Å². The normalized spacial score (nSPS) is 11.1. The average molecular weight is 333 g/mol. The third-order valence-corrected chi connectivity index (χ3v) is 4.15. The number of nitrogens with two attached hydrogens (primary N) is 1. The largest absolute Gasteiger partial charge is 0.497 e. The number of methoxy groups -OCH3 is 1. The van der Waals surface area contributed by atoms with Gasteiger partial charge >= 0.3 is 0 Å². The summed E-state index contributed by atoms with van der Waals surface area (Å²) in [7, 11) is 1.66. The summed E-state index contributed by atoms with van der Waals surface area (Å²) in [4.78, 5) is 9.31. The minimum Gasteiger partial charge on any atom is -0.497 e. The highest BCUT2D eigenvalue weighted by Crippen LogP contribution is 2.29. The maximum atomic E-state index is 5.63. The number of ether oxygens (including phenoxy) is 1. The highest BCUT2D eigenvalue weighted by atomic mass is 16.5. The summed E-state index contributed by atoms with van der Waals surface area (Å²) < 4.78 is 7.38. The van der Waals surface area contributed by atoms with Gasteiger partial charge in [-0.3, -0.25) is 4.40 Å². The van der Waals surface area contributed by atoms with Crippen LogP contribution in [0.4, 0.5) is 5.82 Å². The van der Waals surface area contributed by atoms with E-state index in [1.165, 1.54) is 0 Å². The molecule has 0 aliphatic carbocycles. The molecule has 2 aromatic carbocycles. The van der Waals surface area contributed by atoms with Gasteiger partial charge in [0.15, 0.2) is 11.5 Å². The predicted octanol–water partition coefficient (Wildman–Crippen LogP) is 2.93. The highest BCUT2D eigenvalue weighted by molar-refractivity contribution is 5.86. The van der Waals surface area contributed by atoms with Gasteiger partial charge in [-0.15, -0.1) is 0 Å². The van der Waals surface area contributed by atoms with Crippen molar-refractivity contribution in [3.63, 3.8) is 0 Å². The molecule has 0 saturated heterocycles. The van der Waals surface area contributed by atoms with Crippen molar-refractivity contribution in [2.45, 2.75) is 0 Å². The van der Waals surface area contributed by atoms with E-state index in [0.717, 1.165) is 39.5 Å². The number of nitrogens with one attached hydrogen (secondary N) is 1. The van der Waals surface area contributed by atoms with E-state index in [1.54, 1.807) is 7.11 Å². The van der Waals surface area contributed by atoms with Gasteiger partial charge in [0.25, 0.3) is 0 Å². The van der Waals surface area contributed by atoms with E-state index in [1.807, 2.05) is 48.7 Å². The van der Waals surface area contributed by atoms with Gasteiger partial charge in [0, 0.05) is 18.7 Å². The van der Waals surface area contributed by atoms with Crippen LogP contribution in [0.3, 0.4) is 0 Å². The molecule has 0 aliphatic rings. The van der Waals surface area contributed by atoms with E-state index in [-0.39, 0.29) is 0 Å². The van der Waals surface area contributed by atoms with Gasteiger partial charge in [0.2, 0.25) is 0 Å². The summed E-state index contributed by atoms with van der Waals surface area (Å²) in [5.74, 6) is 1.57. The number of benzene rings is 2. The second kappa shape index (κ2) is 6.41. The van der Waals surface area contributed by atoms with Crippen molar-refractivity contribution in [3.05, 3.63) is 54.7 Å². The fraction of sp³-hybridized carbons (Fsp3) is 0.158. The fourth-order valence-electron chi connectivity index (χ4n) is 2.96. The maximum Gasteiger partial charge on any atom is 0.181 e. The molecule has 6 nitrogen and oxygen atoms in total. The predicted molar refractivity (Wildman–Crippen MR) is 100 cm³/mol. The van der Waals surface area contributed by atoms with Crippen LogP contribution in [0.2, 0.25) is 0 Å². The second-order valence-corrected chi connectivity index (χ2v) is 5.70. The zero-order chi connectivity index (χ0) is 17.2. The third-order valence-electron chi connectivity index (χ3n) is 4.15.